The van der Waals surface area contributed by atoms with E-state index in [1.54, 1.807) is 6.20 Å². The molecular weight excluding hydrogens is 370 g/mol. The molecule has 144 valence electrons. The van der Waals surface area contributed by atoms with Crippen molar-refractivity contribution in [2.75, 3.05) is 0 Å². The predicted molar refractivity (Wildman–Crippen MR) is 120 cm³/mol. The molecule has 0 amide bonds. The summed E-state index contributed by atoms with van der Waals surface area (Å²) in [6.45, 7) is 0. The van der Waals surface area contributed by atoms with E-state index in [0.717, 1.165) is 44.9 Å². The number of pyridine rings is 3. The van der Waals surface area contributed by atoms with Crippen molar-refractivity contribution < 1.29 is 0 Å². The summed E-state index contributed by atoms with van der Waals surface area (Å²) >= 11 is 0. The fraction of sp³-hybridized carbons (Fsp3) is 0.115. The molecule has 2 aromatic carbocycles. The average Bonchev–Trinajstić information content (AvgIpc) is 3.60. The Morgan fingerprint density at radius 1 is 0.867 bits per heavy atom. The third-order valence-corrected chi connectivity index (χ3v) is 6.05. The summed E-state index contributed by atoms with van der Waals surface area (Å²) in [4.78, 5) is 22.6. The number of hydrogen-bond donors (Lipinski definition) is 0. The Kier molecular flexibility index (Phi) is 3.78. The van der Waals surface area contributed by atoms with Gasteiger partial charge >= 0.3 is 0 Å². The zero-order valence-electron chi connectivity index (χ0n) is 16.3. The molecule has 30 heavy (non-hydrogen) atoms. The first kappa shape index (κ1) is 17.1. The standard InChI is InChI=1S/C26H19N3O/c30-26-25-18(6-3-8-20(25)19-7-4-13-27-16-19)12-14-29(26)24-15-21(24)23-11-10-17-5-1-2-9-22(17)28-23/h1-14,16,21,24H,15H2/t21-,24-/m1/s1. The van der Waals surface area contributed by atoms with Crippen LogP contribution in [-0.2, 0) is 0 Å². The van der Waals surface area contributed by atoms with Crippen LogP contribution in [0.5, 0.6) is 0 Å². The van der Waals surface area contributed by atoms with Gasteiger partial charge < -0.3 is 4.57 Å². The largest absolute Gasteiger partial charge is 0.311 e. The normalized spacial score (nSPS) is 18.0. The highest BCUT2D eigenvalue weighted by Crippen LogP contribution is 2.50. The summed E-state index contributed by atoms with van der Waals surface area (Å²) in [6.07, 6.45) is 6.43. The quantitative estimate of drug-likeness (QED) is 0.418. The zero-order valence-corrected chi connectivity index (χ0v) is 16.3. The summed E-state index contributed by atoms with van der Waals surface area (Å²) in [6, 6.07) is 24.5. The molecule has 0 spiro atoms. The Morgan fingerprint density at radius 2 is 1.77 bits per heavy atom. The number of para-hydroxylation sites is 1. The molecule has 6 rings (SSSR count). The fourth-order valence-electron chi connectivity index (χ4n) is 4.42. The van der Waals surface area contributed by atoms with Crippen LogP contribution in [0.1, 0.15) is 24.1 Å². The molecule has 4 nitrogen and oxygen atoms in total. The van der Waals surface area contributed by atoms with Crippen LogP contribution in [0, 0.1) is 0 Å². The summed E-state index contributed by atoms with van der Waals surface area (Å²) < 4.78 is 1.89. The maximum absolute atomic E-state index is 13.5. The minimum absolute atomic E-state index is 0.0558. The number of benzene rings is 2. The number of aromatic nitrogens is 3. The second-order valence-electron chi connectivity index (χ2n) is 7.88. The first-order valence-electron chi connectivity index (χ1n) is 10.2. The molecule has 5 aromatic rings. The van der Waals surface area contributed by atoms with Gasteiger partial charge in [0.15, 0.2) is 0 Å². The van der Waals surface area contributed by atoms with Crippen molar-refractivity contribution in [3.63, 3.8) is 0 Å². The van der Waals surface area contributed by atoms with Gasteiger partial charge in [0.2, 0.25) is 0 Å². The highest BCUT2D eigenvalue weighted by molar-refractivity contribution is 5.95. The molecule has 1 fully saturated rings. The van der Waals surface area contributed by atoms with Crippen molar-refractivity contribution in [3.8, 4) is 11.1 Å². The highest BCUT2D eigenvalue weighted by atomic mass is 16.1. The van der Waals surface area contributed by atoms with Gasteiger partial charge in [0.05, 0.1) is 10.9 Å². The van der Waals surface area contributed by atoms with E-state index in [2.05, 4.69) is 23.2 Å². The SMILES string of the molecule is O=c1c2c(-c3cccnc3)cccc2ccn1[C@@H]1C[C@@H]1c1ccc2ccccc2n1. The van der Waals surface area contributed by atoms with Crippen molar-refractivity contribution in [1.29, 1.82) is 0 Å². The Balaban J connectivity index is 1.43. The van der Waals surface area contributed by atoms with Crippen LogP contribution in [0.25, 0.3) is 32.8 Å². The van der Waals surface area contributed by atoms with Crippen LogP contribution in [0.4, 0.5) is 0 Å². The molecule has 1 aliphatic rings. The lowest BCUT2D eigenvalue weighted by Gasteiger charge is -2.11. The molecule has 0 unspecified atom stereocenters. The Morgan fingerprint density at radius 3 is 2.67 bits per heavy atom. The number of hydrogen-bond acceptors (Lipinski definition) is 3. The Bertz CT molecular complexity index is 1460. The molecule has 2 atom stereocenters. The third kappa shape index (κ3) is 2.72. The van der Waals surface area contributed by atoms with Gasteiger partial charge in [-0.25, -0.2) is 0 Å². The van der Waals surface area contributed by atoms with Gasteiger partial charge in [0.1, 0.15) is 0 Å². The van der Waals surface area contributed by atoms with Crippen LogP contribution in [-0.4, -0.2) is 14.5 Å². The third-order valence-electron chi connectivity index (χ3n) is 6.05. The lowest BCUT2D eigenvalue weighted by Crippen LogP contribution is -2.19. The second-order valence-corrected chi connectivity index (χ2v) is 7.88. The van der Waals surface area contributed by atoms with Gasteiger partial charge in [-0.05, 0) is 41.6 Å². The van der Waals surface area contributed by atoms with Crippen molar-refractivity contribution >= 4 is 21.7 Å². The summed E-state index contributed by atoms with van der Waals surface area (Å²) in [5.74, 6) is 0.273. The van der Waals surface area contributed by atoms with E-state index in [4.69, 9.17) is 4.98 Å². The van der Waals surface area contributed by atoms with Crippen molar-refractivity contribution in [1.82, 2.24) is 14.5 Å². The van der Waals surface area contributed by atoms with Gasteiger partial charge in [-0.3, -0.25) is 14.8 Å². The van der Waals surface area contributed by atoms with Gasteiger partial charge in [0, 0.05) is 47.2 Å². The van der Waals surface area contributed by atoms with E-state index in [9.17, 15) is 4.79 Å². The van der Waals surface area contributed by atoms with Crippen LogP contribution >= 0.6 is 0 Å². The fourth-order valence-corrected chi connectivity index (χ4v) is 4.42. The molecule has 3 aromatic heterocycles. The smallest absolute Gasteiger partial charge is 0.259 e. The second kappa shape index (κ2) is 6.63. The van der Waals surface area contributed by atoms with E-state index in [0.29, 0.717) is 0 Å². The lowest BCUT2D eigenvalue weighted by molar-refractivity contribution is 0.688. The lowest BCUT2D eigenvalue weighted by atomic mass is 10.0. The Labute approximate surface area is 173 Å². The van der Waals surface area contributed by atoms with Crippen molar-refractivity contribution in [2.24, 2.45) is 0 Å². The summed E-state index contributed by atoms with van der Waals surface area (Å²) in [5.41, 5.74) is 4.01. The van der Waals surface area contributed by atoms with E-state index < -0.39 is 0 Å². The van der Waals surface area contributed by atoms with Crippen molar-refractivity contribution in [2.45, 2.75) is 18.4 Å². The number of fused-ring (bicyclic) bond motifs is 2. The van der Waals surface area contributed by atoms with Gasteiger partial charge in [-0.15, -0.1) is 0 Å². The molecule has 0 N–H and O–H groups in total. The monoisotopic (exact) mass is 389 g/mol. The summed E-state index contributed by atoms with van der Waals surface area (Å²) in [5, 5.41) is 2.85. The van der Waals surface area contributed by atoms with Crippen LogP contribution in [0.15, 0.2) is 96.2 Å². The Hall–Kier alpha value is -3.79. The van der Waals surface area contributed by atoms with Crippen LogP contribution in [0.3, 0.4) is 0 Å². The molecular formula is C26H19N3O. The van der Waals surface area contributed by atoms with Gasteiger partial charge in [0.25, 0.3) is 5.56 Å². The maximum atomic E-state index is 13.5. The number of rotatable bonds is 3. The van der Waals surface area contributed by atoms with Gasteiger partial charge in [-0.2, -0.15) is 0 Å². The van der Waals surface area contributed by atoms with E-state index in [1.807, 2.05) is 71.6 Å². The first-order chi connectivity index (χ1) is 14.8. The number of nitrogens with zero attached hydrogens (tertiary/aromatic N) is 3. The minimum atomic E-state index is 0.0558. The molecule has 1 aliphatic carbocycles. The molecule has 4 heteroatoms. The van der Waals surface area contributed by atoms with E-state index >= 15 is 0 Å². The molecule has 0 bridgehead atoms. The zero-order chi connectivity index (χ0) is 20.1. The van der Waals surface area contributed by atoms with Crippen LogP contribution < -0.4 is 5.56 Å². The molecule has 0 radical (unpaired) electrons. The molecule has 3 heterocycles. The molecule has 1 saturated carbocycles. The maximum Gasteiger partial charge on any atom is 0.259 e. The predicted octanol–water partition coefficient (Wildman–Crippen LogP) is 5.34. The average molecular weight is 389 g/mol. The van der Waals surface area contributed by atoms with E-state index in [1.165, 1.54) is 0 Å². The minimum Gasteiger partial charge on any atom is -0.311 e. The highest BCUT2D eigenvalue weighted by Gasteiger charge is 2.41. The van der Waals surface area contributed by atoms with Crippen molar-refractivity contribution in [3.05, 3.63) is 107 Å². The van der Waals surface area contributed by atoms with Crippen LogP contribution in [0.2, 0.25) is 0 Å². The summed E-state index contributed by atoms with van der Waals surface area (Å²) in [7, 11) is 0. The van der Waals surface area contributed by atoms with E-state index in [-0.39, 0.29) is 17.5 Å². The topological polar surface area (TPSA) is 47.8 Å². The van der Waals surface area contributed by atoms with Gasteiger partial charge in [-0.1, -0.05) is 48.5 Å². The molecule has 0 saturated heterocycles. The first-order valence-corrected chi connectivity index (χ1v) is 10.2. The molecule has 0 aliphatic heterocycles.